The van der Waals surface area contributed by atoms with Gasteiger partial charge in [0, 0.05) is 0 Å². The number of alkyl halides is 1. The fraction of sp³-hybridized carbons (Fsp3) is 0.500. The number of hydrogen-bond donors (Lipinski definition) is 0. The van der Waals surface area contributed by atoms with Crippen LogP contribution in [0.2, 0.25) is 5.82 Å². The number of hydrogen-bond acceptors (Lipinski definition) is 1. The Labute approximate surface area is 76.5 Å². The molecule has 0 saturated carbocycles. The Bertz CT molecular complexity index is 188. The Balaban J connectivity index is 2.64. The molecule has 1 unspecified atom stereocenters. The van der Waals surface area contributed by atoms with Crippen molar-refractivity contribution in [2.75, 3.05) is 4.43 Å². The van der Waals surface area contributed by atoms with Crippen molar-refractivity contribution < 1.29 is 0 Å². The van der Waals surface area contributed by atoms with Crippen LogP contribution in [0.1, 0.15) is 6.42 Å². The molecule has 0 saturated heterocycles. The van der Waals surface area contributed by atoms with Crippen LogP contribution in [-0.4, -0.2) is 24.6 Å². The molecule has 1 heterocycles. The van der Waals surface area contributed by atoms with Gasteiger partial charge in [0.1, 0.15) is 0 Å². The first-order chi connectivity index (χ1) is 4.86. The Kier molecular flexibility index (Phi) is 3.52. The number of nitrogens with zero attached hydrogens (tertiary/aromatic N) is 1. The van der Waals surface area contributed by atoms with Gasteiger partial charge in [-0.05, 0) is 0 Å². The molecule has 0 aliphatic carbocycles. The van der Waals surface area contributed by atoms with Crippen LogP contribution in [-0.2, 0) is 0 Å². The van der Waals surface area contributed by atoms with Gasteiger partial charge in [-0.3, -0.25) is 0 Å². The van der Waals surface area contributed by atoms with Crippen LogP contribution in [0.3, 0.4) is 0 Å². The van der Waals surface area contributed by atoms with E-state index in [0.717, 1.165) is 16.4 Å². The van der Waals surface area contributed by atoms with Gasteiger partial charge in [0.25, 0.3) is 0 Å². The van der Waals surface area contributed by atoms with Crippen molar-refractivity contribution in [1.29, 1.82) is 0 Å². The predicted octanol–water partition coefficient (Wildman–Crippen LogP) is 1.36. The van der Waals surface area contributed by atoms with Gasteiger partial charge >= 0.3 is 76.5 Å². The molecule has 0 aromatic carbocycles. The number of halogens is 1. The number of allylic oxidation sites excluding steroid dienone is 1. The van der Waals surface area contributed by atoms with E-state index in [0.29, 0.717) is 5.82 Å². The van der Waals surface area contributed by atoms with Crippen molar-refractivity contribution in [3.63, 3.8) is 0 Å². The molecule has 10 heavy (non-hydrogen) atoms. The molecule has 1 aliphatic heterocycles. The van der Waals surface area contributed by atoms with E-state index < -0.39 is 0 Å². The van der Waals surface area contributed by atoms with E-state index in [2.05, 4.69) is 40.5 Å². The van der Waals surface area contributed by atoms with Crippen molar-refractivity contribution in [3.05, 3.63) is 12.2 Å². The summed E-state index contributed by atoms with van der Waals surface area (Å²) in [5, 5.41) is 0. The quantitative estimate of drug-likeness (QED) is 0.393. The fourth-order valence-corrected chi connectivity index (χ4v) is 1.54. The molecule has 0 aromatic heterocycles. The third-order valence-electron chi connectivity index (χ3n) is 1.48. The van der Waals surface area contributed by atoms with Crippen LogP contribution in [0.25, 0.3) is 0 Å². The molecule has 1 atom stereocenters. The Hall–Kier alpha value is 0.270. The van der Waals surface area contributed by atoms with Crippen molar-refractivity contribution >= 4 is 42.7 Å². The summed E-state index contributed by atoms with van der Waals surface area (Å²) in [6.45, 7) is 2.12. The topological polar surface area (TPSA) is 12.4 Å². The van der Waals surface area contributed by atoms with Gasteiger partial charge in [0.15, 0.2) is 0 Å². The molecule has 1 rings (SSSR count). The van der Waals surface area contributed by atoms with Gasteiger partial charge in [0.05, 0.1) is 0 Å². The van der Waals surface area contributed by atoms with Crippen LogP contribution in [0.4, 0.5) is 0 Å². The summed E-state index contributed by atoms with van der Waals surface area (Å²) < 4.78 is 1.14. The van der Waals surface area contributed by atoms with Crippen LogP contribution in [0.5, 0.6) is 0 Å². The first kappa shape index (κ1) is 8.37. The Morgan fingerprint density at radius 3 is 3.30 bits per heavy atom. The van der Waals surface area contributed by atoms with E-state index in [9.17, 15) is 0 Å². The predicted molar refractivity (Wildman–Crippen MR) is 55.3 cm³/mol. The SMILES string of the molecule is [B]=NC1=BC(CI)CC=C1. The van der Waals surface area contributed by atoms with Crippen molar-refractivity contribution in [2.45, 2.75) is 12.2 Å². The summed E-state index contributed by atoms with van der Waals surface area (Å²) in [5.74, 6) is 0.632. The monoisotopic (exact) mass is 242 g/mol. The molecule has 0 amide bonds. The summed E-state index contributed by atoms with van der Waals surface area (Å²) in [6.07, 6.45) is 5.21. The minimum absolute atomic E-state index is 0.632. The van der Waals surface area contributed by atoms with E-state index in [1.54, 1.807) is 0 Å². The van der Waals surface area contributed by atoms with Crippen molar-refractivity contribution in [1.82, 2.24) is 0 Å². The zero-order chi connectivity index (χ0) is 7.40. The van der Waals surface area contributed by atoms with Gasteiger partial charge < -0.3 is 0 Å². The van der Waals surface area contributed by atoms with E-state index >= 15 is 0 Å². The second kappa shape index (κ2) is 4.21. The summed E-state index contributed by atoms with van der Waals surface area (Å²) in [6, 6.07) is 0. The van der Waals surface area contributed by atoms with Gasteiger partial charge in [-0.2, -0.15) is 0 Å². The summed E-state index contributed by atoms with van der Waals surface area (Å²) in [7, 11) is 5.12. The molecule has 0 N–H and O–H groups in total. The Morgan fingerprint density at radius 1 is 1.90 bits per heavy atom. The summed E-state index contributed by atoms with van der Waals surface area (Å²) >= 11 is 2.37. The maximum absolute atomic E-state index is 5.12. The summed E-state index contributed by atoms with van der Waals surface area (Å²) in [5.41, 5.74) is 0.910. The Morgan fingerprint density at radius 2 is 2.70 bits per heavy atom. The second-order valence-corrected chi connectivity index (χ2v) is 3.15. The molecule has 0 bridgehead atoms. The molecule has 1 nitrogen and oxygen atoms in total. The van der Waals surface area contributed by atoms with E-state index in [4.69, 9.17) is 7.64 Å². The van der Waals surface area contributed by atoms with Gasteiger partial charge in [-0.15, -0.1) is 0 Å². The second-order valence-electron chi connectivity index (χ2n) is 2.27. The molecular formula is C6H7B2IN. The number of rotatable bonds is 2. The standard InChI is InChI=1S/C6H7B2IN/c7-10-6-3-1-2-5(4-9)8-6/h1,3,5H,2,4H2. The molecule has 1 aliphatic rings. The third kappa shape index (κ3) is 2.15. The fourth-order valence-electron chi connectivity index (χ4n) is 0.922. The van der Waals surface area contributed by atoms with Crippen LogP contribution >= 0.6 is 22.6 Å². The molecule has 0 spiro atoms. The van der Waals surface area contributed by atoms with E-state index in [-0.39, 0.29) is 0 Å². The molecule has 0 fully saturated rings. The van der Waals surface area contributed by atoms with Gasteiger partial charge in [-0.25, -0.2) is 0 Å². The molecular weight excluding hydrogens is 235 g/mol. The van der Waals surface area contributed by atoms with Gasteiger partial charge in [0.2, 0.25) is 0 Å². The van der Waals surface area contributed by atoms with E-state index in [1.807, 2.05) is 6.08 Å². The van der Waals surface area contributed by atoms with Crippen LogP contribution in [0.15, 0.2) is 17.0 Å². The summed E-state index contributed by atoms with van der Waals surface area (Å²) in [4.78, 5) is 3.62. The average Bonchev–Trinajstić information content (AvgIpc) is 2.05. The zero-order valence-electron chi connectivity index (χ0n) is 5.63. The molecule has 4 heteroatoms. The first-order valence-corrected chi connectivity index (χ1v) is 4.74. The normalized spacial score (nSPS) is 23.2. The average molecular weight is 242 g/mol. The van der Waals surface area contributed by atoms with Crippen molar-refractivity contribution in [3.8, 4) is 0 Å². The molecule has 1 radical (unpaired) electrons. The molecule has 0 aromatic rings. The molecule has 49 valence electrons. The van der Waals surface area contributed by atoms with Gasteiger partial charge in [-0.1, -0.05) is 0 Å². The minimum atomic E-state index is 0.632. The van der Waals surface area contributed by atoms with Crippen LogP contribution < -0.4 is 0 Å². The zero-order valence-corrected chi connectivity index (χ0v) is 7.78. The van der Waals surface area contributed by atoms with E-state index in [1.165, 1.54) is 0 Å². The maximum atomic E-state index is 5.12. The third-order valence-corrected chi connectivity index (χ3v) is 2.61. The van der Waals surface area contributed by atoms with Crippen molar-refractivity contribution in [2.24, 2.45) is 4.90 Å². The first-order valence-electron chi connectivity index (χ1n) is 3.22. The van der Waals surface area contributed by atoms with Crippen LogP contribution in [0, 0.1) is 0 Å².